The fraction of sp³-hybridized carbons (Fsp3) is 0.0769. The molecule has 0 aliphatic carbocycles. The highest BCUT2D eigenvalue weighted by molar-refractivity contribution is 6.30. The van der Waals surface area contributed by atoms with Crippen molar-refractivity contribution in [2.45, 2.75) is 0 Å². The Kier molecular flexibility index (Phi) is 3.79. The van der Waals surface area contributed by atoms with Crippen molar-refractivity contribution in [2.24, 2.45) is 0 Å². The molecule has 1 heterocycles. The van der Waals surface area contributed by atoms with Gasteiger partial charge in [-0.3, -0.25) is 4.79 Å². The molecule has 0 saturated heterocycles. The van der Waals surface area contributed by atoms with Crippen molar-refractivity contribution in [2.75, 3.05) is 12.4 Å². The van der Waals surface area contributed by atoms with Crippen LogP contribution in [0, 0.1) is 0 Å². The standard InChI is InChI=1S/C13H11ClN2O2/c1-18-12-7-3-6-11(16-12)13(17)15-10-5-2-4-9(14)8-10/h2-8H,1H3,(H,15,17). The van der Waals surface area contributed by atoms with Gasteiger partial charge in [0.2, 0.25) is 5.88 Å². The molecule has 1 aromatic carbocycles. The van der Waals surface area contributed by atoms with Crippen LogP contribution >= 0.6 is 11.6 Å². The third-order valence-electron chi connectivity index (χ3n) is 2.25. The van der Waals surface area contributed by atoms with Crippen molar-refractivity contribution in [3.8, 4) is 5.88 Å². The second-order valence-electron chi connectivity index (χ2n) is 3.53. The van der Waals surface area contributed by atoms with E-state index in [0.717, 1.165) is 0 Å². The predicted molar refractivity (Wildman–Crippen MR) is 70.2 cm³/mol. The highest BCUT2D eigenvalue weighted by atomic mass is 35.5. The van der Waals surface area contributed by atoms with Gasteiger partial charge in [-0.1, -0.05) is 23.7 Å². The third-order valence-corrected chi connectivity index (χ3v) is 2.48. The Morgan fingerprint density at radius 1 is 1.28 bits per heavy atom. The summed E-state index contributed by atoms with van der Waals surface area (Å²) in [5.74, 6) is 0.0879. The van der Waals surface area contributed by atoms with Gasteiger partial charge in [0, 0.05) is 16.8 Å². The first-order chi connectivity index (χ1) is 8.69. The zero-order chi connectivity index (χ0) is 13.0. The molecule has 0 spiro atoms. The molecule has 0 fully saturated rings. The number of benzene rings is 1. The molecule has 0 saturated carbocycles. The monoisotopic (exact) mass is 262 g/mol. The fourth-order valence-corrected chi connectivity index (χ4v) is 1.61. The normalized spacial score (nSPS) is 9.89. The lowest BCUT2D eigenvalue weighted by Gasteiger charge is -2.06. The number of methoxy groups -OCH3 is 1. The predicted octanol–water partition coefficient (Wildman–Crippen LogP) is 3.00. The van der Waals surface area contributed by atoms with E-state index < -0.39 is 0 Å². The molecule has 2 rings (SSSR count). The molecule has 0 unspecified atom stereocenters. The van der Waals surface area contributed by atoms with Gasteiger partial charge in [-0.2, -0.15) is 0 Å². The molecule has 0 bridgehead atoms. The number of hydrogen-bond acceptors (Lipinski definition) is 3. The maximum Gasteiger partial charge on any atom is 0.274 e. The van der Waals surface area contributed by atoms with E-state index >= 15 is 0 Å². The van der Waals surface area contributed by atoms with Gasteiger partial charge in [0.25, 0.3) is 5.91 Å². The summed E-state index contributed by atoms with van der Waals surface area (Å²) >= 11 is 5.84. The van der Waals surface area contributed by atoms with Crippen LogP contribution in [0.5, 0.6) is 5.88 Å². The van der Waals surface area contributed by atoms with Gasteiger partial charge < -0.3 is 10.1 Å². The lowest BCUT2D eigenvalue weighted by atomic mass is 10.3. The second-order valence-corrected chi connectivity index (χ2v) is 3.97. The number of carbonyl (C=O) groups is 1. The summed E-state index contributed by atoms with van der Waals surface area (Å²) in [7, 11) is 1.50. The number of pyridine rings is 1. The summed E-state index contributed by atoms with van der Waals surface area (Å²) in [6, 6.07) is 11.9. The van der Waals surface area contributed by atoms with E-state index in [-0.39, 0.29) is 11.6 Å². The molecule has 0 aliphatic heterocycles. The van der Waals surface area contributed by atoms with Gasteiger partial charge in [0.05, 0.1) is 7.11 Å². The Morgan fingerprint density at radius 2 is 2.06 bits per heavy atom. The fourth-order valence-electron chi connectivity index (χ4n) is 1.42. The molecule has 1 N–H and O–H groups in total. The van der Waals surface area contributed by atoms with Crippen LogP contribution in [0.15, 0.2) is 42.5 Å². The van der Waals surface area contributed by atoms with Crippen molar-refractivity contribution in [3.63, 3.8) is 0 Å². The Balaban J connectivity index is 2.16. The lowest BCUT2D eigenvalue weighted by Crippen LogP contribution is -2.13. The van der Waals surface area contributed by atoms with Crippen LogP contribution in [0.4, 0.5) is 5.69 Å². The summed E-state index contributed by atoms with van der Waals surface area (Å²) < 4.78 is 4.96. The van der Waals surface area contributed by atoms with Gasteiger partial charge in [0.15, 0.2) is 0 Å². The zero-order valence-electron chi connectivity index (χ0n) is 9.68. The van der Waals surface area contributed by atoms with E-state index in [1.165, 1.54) is 7.11 Å². The topological polar surface area (TPSA) is 51.2 Å². The summed E-state index contributed by atoms with van der Waals surface area (Å²) in [5.41, 5.74) is 0.909. The van der Waals surface area contributed by atoms with Gasteiger partial charge in [-0.05, 0) is 24.3 Å². The largest absolute Gasteiger partial charge is 0.481 e. The van der Waals surface area contributed by atoms with Crippen molar-refractivity contribution in [1.29, 1.82) is 0 Å². The lowest BCUT2D eigenvalue weighted by molar-refractivity contribution is 0.102. The van der Waals surface area contributed by atoms with E-state index in [1.54, 1.807) is 42.5 Å². The number of aromatic nitrogens is 1. The van der Waals surface area contributed by atoms with Crippen LogP contribution in [-0.4, -0.2) is 18.0 Å². The smallest absolute Gasteiger partial charge is 0.274 e. The molecule has 4 nitrogen and oxygen atoms in total. The molecular weight excluding hydrogens is 252 g/mol. The first-order valence-electron chi connectivity index (χ1n) is 5.27. The Morgan fingerprint density at radius 3 is 2.78 bits per heavy atom. The first kappa shape index (κ1) is 12.4. The first-order valence-corrected chi connectivity index (χ1v) is 5.65. The van der Waals surface area contributed by atoms with Crippen LogP contribution in [-0.2, 0) is 0 Å². The molecule has 0 atom stereocenters. The number of anilines is 1. The number of ether oxygens (including phenoxy) is 1. The van der Waals surface area contributed by atoms with E-state index in [4.69, 9.17) is 16.3 Å². The van der Waals surface area contributed by atoms with Crippen LogP contribution in [0.2, 0.25) is 5.02 Å². The Bertz CT molecular complexity index is 572. The van der Waals surface area contributed by atoms with E-state index in [9.17, 15) is 4.79 Å². The molecule has 1 aromatic heterocycles. The summed E-state index contributed by atoms with van der Waals surface area (Å²) in [5, 5.41) is 3.27. The number of nitrogens with zero attached hydrogens (tertiary/aromatic N) is 1. The average molecular weight is 263 g/mol. The molecule has 2 aromatic rings. The molecule has 5 heteroatoms. The maximum absolute atomic E-state index is 11.9. The van der Waals surface area contributed by atoms with Crippen molar-refractivity contribution >= 4 is 23.2 Å². The number of halogens is 1. The van der Waals surface area contributed by atoms with Gasteiger partial charge in [-0.25, -0.2) is 4.98 Å². The third kappa shape index (κ3) is 2.99. The Labute approximate surface area is 110 Å². The second kappa shape index (κ2) is 5.51. The molecule has 0 radical (unpaired) electrons. The summed E-state index contributed by atoms with van der Waals surface area (Å²) in [4.78, 5) is 16.0. The van der Waals surface area contributed by atoms with Gasteiger partial charge in [0.1, 0.15) is 5.69 Å². The summed E-state index contributed by atoms with van der Waals surface area (Å²) in [6.07, 6.45) is 0. The van der Waals surface area contributed by atoms with Crippen LogP contribution < -0.4 is 10.1 Å². The van der Waals surface area contributed by atoms with Crippen molar-refractivity contribution in [1.82, 2.24) is 4.98 Å². The zero-order valence-corrected chi connectivity index (χ0v) is 10.4. The van der Waals surface area contributed by atoms with E-state index in [2.05, 4.69) is 10.3 Å². The van der Waals surface area contributed by atoms with Crippen LogP contribution in [0.1, 0.15) is 10.5 Å². The van der Waals surface area contributed by atoms with Crippen molar-refractivity contribution in [3.05, 3.63) is 53.2 Å². The summed E-state index contributed by atoms with van der Waals surface area (Å²) in [6.45, 7) is 0. The molecule has 1 amide bonds. The van der Waals surface area contributed by atoms with Gasteiger partial charge >= 0.3 is 0 Å². The minimum absolute atomic E-state index is 0.286. The molecule has 92 valence electrons. The molecule has 0 aliphatic rings. The average Bonchev–Trinajstić information content (AvgIpc) is 2.39. The number of hydrogen-bond donors (Lipinski definition) is 1. The molecule has 18 heavy (non-hydrogen) atoms. The highest BCUT2D eigenvalue weighted by Gasteiger charge is 2.08. The van der Waals surface area contributed by atoms with E-state index in [1.807, 2.05) is 0 Å². The van der Waals surface area contributed by atoms with E-state index in [0.29, 0.717) is 16.6 Å². The van der Waals surface area contributed by atoms with Gasteiger partial charge in [-0.15, -0.1) is 0 Å². The van der Waals surface area contributed by atoms with Crippen LogP contribution in [0.3, 0.4) is 0 Å². The number of carbonyl (C=O) groups excluding carboxylic acids is 1. The Hall–Kier alpha value is -2.07. The number of amides is 1. The number of rotatable bonds is 3. The maximum atomic E-state index is 11.9. The SMILES string of the molecule is COc1cccc(C(=O)Nc2cccc(Cl)c2)n1. The minimum Gasteiger partial charge on any atom is -0.481 e. The minimum atomic E-state index is -0.309. The highest BCUT2D eigenvalue weighted by Crippen LogP contribution is 2.16. The van der Waals surface area contributed by atoms with Crippen LogP contribution in [0.25, 0.3) is 0 Å². The number of nitrogens with one attached hydrogen (secondary N) is 1. The van der Waals surface area contributed by atoms with Crippen molar-refractivity contribution < 1.29 is 9.53 Å². The molecular formula is C13H11ClN2O2. The quantitative estimate of drug-likeness (QED) is 0.925.